The molecule has 0 aromatic carbocycles. The lowest BCUT2D eigenvalue weighted by molar-refractivity contribution is -0.141. The summed E-state index contributed by atoms with van der Waals surface area (Å²) in [4.78, 5) is 18.7. The van der Waals surface area contributed by atoms with Crippen LogP contribution in [-0.2, 0) is 9.53 Å². The molecule has 0 aliphatic rings. The Balaban J connectivity index is 3.83. The van der Waals surface area contributed by atoms with Gasteiger partial charge in [-0.15, -0.1) is 0 Å². The zero-order valence-electron chi connectivity index (χ0n) is 9.16. The van der Waals surface area contributed by atoms with Crippen molar-refractivity contribution >= 4 is 29.7 Å². The lowest BCUT2D eigenvalue weighted by atomic mass is 10.6. The third kappa shape index (κ3) is 9.21. The van der Waals surface area contributed by atoms with E-state index in [9.17, 15) is 4.79 Å². The molecule has 5 nitrogen and oxygen atoms in total. The number of nitrogens with zero attached hydrogens (tertiary/aromatic N) is 2. The fourth-order valence-electron chi connectivity index (χ4n) is 0.669. The molecule has 0 heterocycles. The monoisotopic (exact) mass is 233 g/mol. The highest BCUT2D eigenvalue weighted by Crippen LogP contribution is 1.91. The first-order valence-corrected chi connectivity index (χ1v) is 5.08. The van der Waals surface area contributed by atoms with Gasteiger partial charge in [-0.3, -0.25) is 14.8 Å². The van der Waals surface area contributed by atoms with Crippen molar-refractivity contribution in [2.45, 2.75) is 26.3 Å². The quantitative estimate of drug-likeness (QED) is 0.255. The van der Waals surface area contributed by atoms with Crippen LogP contribution in [0.3, 0.4) is 0 Å². The van der Waals surface area contributed by atoms with E-state index in [4.69, 9.17) is 16.3 Å². The standard InChI is InChI=1S/C9H16ClN3O2/c1-4-15-9(14)5-11-8(3)13-6-12-7(2)10/h6-7H,4-5H2,1-3H3,(H,11,12,13). The second kappa shape index (κ2) is 8.23. The van der Waals surface area contributed by atoms with Crippen molar-refractivity contribution in [3.05, 3.63) is 0 Å². The average molecular weight is 234 g/mol. The second-order valence-corrected chi connectivity index (χ2v) is 3.33. The predicted molar refractivity (Wildman–Crippen MR) is 61.6 cm³/mol. The van der Waals surface area contributed by atoms with Crippen LogP contribution >= 0.6 is 11.6 Å². The third-order valence-corrected chi connectivity index (χ3v) is 1.42. The zero-order chi connectivity index (χ0) is 11.7. The summed E-state index contributed by atoms with van der Waals surface area (Å²) in [6, 6.07) is 0. The van der Waals surface area contributed by atoms with E-state index >= 15 is 0 Å². The molecule has 0 aromatic rings. The molecule has 0 amide bonds. The summed E-state index contributed by atoms with van der Waals surface area (Å²) < 4.78 is 4.71. The van der Waals surface area contributed by atoms with Crippen LogP contribution < -0.4 is 5.32 Å². The van der Waals surface area contributed by atoms with Gasteiger partial charge in [-0.05, 0) is 20.8 Å². The SMILES string of the molecule is CCOC(=O)CN=C(C)NC=NC(C)Cl. The van der Waals surface area contributed by atoms with Crippen molar-refractivity contribution in [3.8, 4) is 0 Å². The molecule has 6 heteroatoms. The van der Waals surface area contributed by atoms with Crippen LogP contribution in [-0.4, -0.2) is 36.8 Å². The molecule has 1 atom stereocenters. The highest BCUT2D eigenvalue weighted by atomic mass is 35.5. The van der Waals surface area contributed by atoms with Crippen LogP contribution in [0.5, 0.6) is 0 Å². The topological polar surface area (TPSA) is 63.0 Å². The summed E-state index contributed by atoms with van der Waals surface area (Å²) >= 11 is 5.58. The first kappa shape index (κ1) is 13.9. The summed E-state index contributed by atoms with van der Waals surface area (Å²) in [7, 11) is 0. The van der Waals surface area contributed by atoms with Crippen molar-refractivity contribution in [1.82, 2.24) is 5.32 Å². The number of alkyl halides is 1. The maximum Gasteiger partial charge on any atom is 0.327 e. The van der Waals surface area contributed by atoms with Crippen LogP contribution in [0.4, 0.5) is 0 Å². The van der Waals surface area contributed by atoms with Crippen LogP contribution in [0.1, 0.15) is 20.8 Å². The van der Waals surface area contributed by atoms with E-state index in [1.165, 1.54) is 6.34 Å². The molecule has 0 aliphatic heterocycles. The fourth-order valence-corrected chi connectivity index (χ4v) is 0.725. The Kier molecular flexibility index (Phi) is 7.62. The molecular weight excluding hydrogens is 218 g/mol. The highest BCUT2D eigenvalue weighted by molar-refractivity contribution is 6.20. The van der Waals surface area contributed by atoms with Crippen LogP contribution in [0, 0.1) is 0 Å². The van der Waals surface area contributed by atoms with Crippen molar-refractivity contribution in [3.63, 3.8) is 0 Å². The highest BCUT2D eigenvalue weighted by Gasteiger charge is 1.98. The number of carbonyl (C=O) groups excluding carboxylic acids is 1. The number of nitrogens with one attached hydrogen (secondary N) is 1. The van der Waals surface area contributed by atoms with Gasteiger partial charge in [0.1, 0.15) is 12.0 Å². The summed E-state index contributed by atoms with van der Waals surface area (Å²) in [6.07, 6.45) is 1.45. The Bertz CT molecular complexity index is 252. The van der Waals surface area contributed by atoms with E-state index in [1.54, 1.807) is 20.8 Å². The zero-order valence-corrected chi connectivity index (χ0v) is 9.91. The number of ether oxygens (including phenoxy) is 1. The Morgan fingerprint density at radius 1 is 1.67 bits per heavy atom. The van der Waals surface area contributed by atoms with Crippen molar-refractivity contribution in [1.29, 1.82) is 0 Å². The van der Waals surface area contributed by atoms with Crippen molar-refractivity contribution in [2.75, 3.05) is 13.2 Å². The maximum absolute atomic E-state index is 10.9. The first-order chi connectivity index (χ1) is 7.06. The number of aliphatic imine (C=N–C) groups is 2. The maximum atomic E-state index is 10.9. The van der Waals surface area contributed by atoms with Gasteiger partial charge in [0, 0.05) is 0 Å². The minimum atomic E-state index is -0.346. The molecule has 0 fully saturated rings. The van der Waals surface area contributed by atoms with Gasteiger partial charge in [0.15, 0.2) is 0 Å². The molecule has 15 heavy (non-hydrogen) atoms. The van der Waals surface area contributed by atoms with Gasteiger partial charge in [0.2, 0.25) is 0 Å². The number of carbonyl (C=O) groups is 1. The lowest BCUT2D eigenvalue weighted by Crippen LogP contribution is -2.20. The Morgan fingerprint density at radius 3 is 2.87 bits per heavy atom. The summed E-state index contributed by atoms with van der Waals surface area (Å²) in [5.41, 5.74) is -0.282. The molecule has 0 aliphatic carbocycles. The van der Waals surface area contributed by atoms with E-state index in [1.807, 2.05) is 0 Å². The number of hydrogen-bond acceptors (Lipinski definition) is 4. The van der Waals surface area contributed by atoms with E-state index in [-0.39, 0.29) is 18.0 Å². The summed E-state index contributed by atoms with van der Waals surface area (Å²) in [6.45, 7) is 5.60. The number of esters is 1. The van der Waals surface area contributed by atoms with E-state index < -0.39 is 0 Å². The summed E-state index contributed by atoms with van der Waals surface area (Å²) in [5.74, 6) is 0.241. The Hall–Kier alpha value is -1.10. The number of halogens is 1. The fraction of sp³-hybridized carbons (Fsp3) is 0.667. The predicted octanol–water partition coefficient (Wildman–Crippen LogP) is 1.17. The van der Waals surface area contributed by atoms with E-state index in [0.717, 1.165) is 0 Å². The largest absolute Gasteiger partial charge is 0.465 e. The first-order valence-electron chi connectivity index (χ1n) is 4.65. The molecule has 0 aromatic heterocycles. The molecule has 0 spiro atoms. The Morgan fingerprint density at radius 2 is 2.33 bits per heavy atom. The summed E-state index contributed by atoms with van der Waals surface area (Å²) in [5, 5.41) is 2.78. The molecule has 0 rings (SSSR count). The molecule has 0 radical (unpaired) electrons. The number of amidine groups is 1. The molecule has 0 saturated heterocycles. The van der Waals surface area contributed by atoms with Crippen LogP contribution in [0.2, 0.25) is 0 Å². The third-order valence-electron chi connectivity index (χ3n) is 1.30. The van der Waals surface area contributed by atoms with Crippen LogP contribution in [0.15, 0.2) is 9.98 Å². The van der Waals surface area contributed by atoms with Gasteiger partial charge in [-0.25, -0.2) is 0 Å². The number of hydrogen-bond donors (Lipinski definition) is 1. The van der Waals surface area contributed by atoms with Gasteiger partial charge in [-0.2, -0.15) is 0 Å². The van der Waals surface area contributed by atoms with Crippen molar-refractivity contribution in [2.24, 2.45) is 9.98 Å². The van der Waals surface area contributed by atoms with Gasteiger partial charge in [0.05, 0.1) is 18.8 Å². The van der Waals surface area contributed by atoms with Gasteiger partial charge in [0.25, 0.3) is 0 Å². The van der Waals surface area contributed by atoms with E-state index in [2.05, 4.69) is 15.3 Å². The van der Waals surface area contributed by atoms with E-state index in [0.29, 0.717) is 12.4 Å². The second-order valence-electron chi connectivity index (χ2n) is 2.70. The van der Waals surface area contributed by atoms with Gasteiger partial charge < -0.3 is 10.1 Å². The molecular formula is C9H16ClN3O2. The molecule has 0 bridgehead atoms. The average Bonchev–Trinajstić information content (AvgIpc) is 2.14. The molecule has 86 valence electrons. The minimum Gasteiger partial charge on any atom is -0.465 e. The normalized spacial score (nSPS) is 14.0. The smallest absolute Gasteiger partial charge is 0.327 e. The molecule has 1 N–H and O–H groups in total. The van der Waals surface area contributed by atoms with Crippen LogP contribution in [0.25, 0.3) is 0 Å². The molecule has 0 saturated carbocycles. The van der Waals surface area contributed by atoms with Gasteiger partial charge in [-0.1, -0.05) is 11.6 Å². The Labute approximate surface area is 94.6 Å². The van der Waals surface area contributed by atoms with Gasteiger partial charge >= 0.3 is 5.97 Å². The number of rotatable bonds is 5. The lowest BCUT2D eigenvalue weighted by Gasteiger charge is -2.00. The van der Waals surface area contributed by atoms with Crippen molar-refractivity contribution < 1.29 is 9.53 Å². The minimum absolute atomic E-state index is 0.0109. The molecule has 1 unspecified atom stereocenters.